The van der Waals surface area contributed by atoms with Crippen LogP contribution in [0, 0.1) is 5.82 Å². The Bertz CT molecular complexity index is 866. The first-order chi connectivity index (χ1) is 12.0. The molecule has 3 rings (SSSR count). The molecule has 1 aromatic heterocycles. The van der Waals surface area contributed by atoms with Crippen LogP contribution in [0.25, 0.3) is 5.69 Å². The molecule has 0 aliphatic carbocycles. The van der Waals surface area contributed by atoms with Crippen molar-refractivity contribution in [1.82, 2.24) is 9.78 Å². The summed E-state index contributed by atoms with van der Waals surface area (Å²) in [6.45, 7) is 1.75. The maximum absolute atomic E-state index is 14.0. The molecule has 0 aliphatic heterocycles. The van der Waals surface area contributed by atoms with Gasteiger partial charge in [0, 0.05) is 4.47 Å². The zero-order chi connectivity index (χ0) is 17.8. The van der Waals surface area contributed by atoms with Crippen LogP contribution in [0.2, 0.25) is 0 Å². The number of hydrogen-bond acceptors (Lipinski definition) is 3. The fourth-order valence-electron chi connectivity index (χ4n) is 2.30. The smallest absolute Gasteiger partial charge is 0.413 e. The van der Waals surface area contributed by atoms with Crippen LogP contribution in [0.5, 0.6) is 0 Å². The fraction of sp³-hybridized carbons (Fsp3) is 0.111. The summed E-state index contributed by atoms with van der Waals surface area (Å²) in [5, 5.41) is 6.39. The normalized spacial score (nSPS) is 11.8. The summed E-state index contributed by atoms with van der Waals surface area (Å²) in [4.78, 5) is 12.1. The summed E-state index contributed by atoms with van der Waals surface area (Å²) < 4.78 is 21.5. The minimum absolute atomic E-state index is 0.0763. The molecule has 0 bridgehead atoms. The Morgan fingerprint density at radius 1 is 1.20 bits per heavy atom. The highest BCUT2D eigenvalue weighted by Crippen LogP contribution is 2.22. The van der Waals surface area contributed by atoms with Gasteiger partial charge in [-0.15, -0.1) is 0 Å². The third-order valence-electron chi connectivity index (χ3n) is 3.57. The summed E-state index contributed by atoms with van der Waals surface area (Å²) in [5.74, 6) is -0.722. The first-order valence-electron chi connectivity index (χ1n) is 7.56. The lowest BCUT2D eigenvalue weighted by atomic mass is 10.1. The van der Waals surface area contributed by atoms with E-state index in [1.165, 1.54) is 4.68 Å². The molecule has 2 aromatic carbocycles. The number of halogens is 2. The number of aromatic nitrogens is 2. The average Bonchev–Trinajstić information content (AvgIpc) is 2.97. The Morgan fingerprint density at radius 2 is 1.88 bits per heavy atom. The van der Waals surface area contributed by atoms with Gasteiger partial charge in [-0.2, -0.15) is 5.10 Å². The number of carbonyl (C=O) groups is 1. The highest BCUT2D eigenvalue weighted by Gasteiger charge is 2.18. The number of nitrogens with one attached hydrogen (secondary N) is 1. The lowest BCUT2D eigenvalue weighted by Gasteiger charge is -2.15. The monoisotopic (exact) mass is 403 g/mol. The Hall–Kier alpha value is -2.67. The van der Waals surface area contributed by atoms with Crippen LogP contribution in [0.1, 0.15) is 18.6 Å². The number of benzene rings is 2. The number of ether oxygens (including phenoxy) is 1. The Kier molecular flexibility index (Phi) is 5.14. The molecular weight excluding hydrogens is 389 g/mol. The van der Waals surface area contributed by atoms with Crippen molar-refractivity contribution in [3.63, 3.8) is 0 Å². The van der Waals surface area contributed by atoms with E-state index in [9.17, 15) is 9.18 Å². The van der Waals surface area contributed by atoms with E-state index in [1.807, 2.05) is 30.3 Å². The molecule has 0 saturated heterocycles. The van der Waals surface area contributed by atoms with Gasteiger partial charge in [0.1, 0.15) is 6.10 Å². The van der Waals surface area contributed by atoms with Crippen molar-refractivity contribution in [2.45, 2.75) is 13.0 Å². The second-order valence-electron chi connectivity index (χ2n) is 5.31. The Balaban J connectivity index is 1.75. The van der Waals surface area contributed by atoms with Gasteiger partial charge in [0.25, 0.3) is 0 Å². The van der Waals surface area contributed by atoms with E-state index < -0.39 is 18.0 Å². The number of anilines is 1. The number of carbonyl (C=O) groups excluding carboxylic acids is 1. The Morgan fingerprint density at radius 3 is 2.56 bits per heavy atom. The van der Waals surface area contributed by atoms with Gasteiger partial charge in [0.2, 0.25) is 0 Å². The van der Waals surface area contributed by atoms with E-state index in [1.54, 1.807) is 31.2 Å². The Labute approximate surface area is 152 Å². The number of hydrogen-bond donors (Lipinski definition) is 1. The summed E-state index contributed by atoms with van der Waals surface area (Å²) >= 11 is 3.34. The van der Waals surface area contributed by atoms with Crippen molar-refractivity contribution in [1.29, 1.82) is 0 Å². The first-order valence-corrected chi connectivity index (χ1v) is 8.36. The summed E-state index contributed by atoms with van der Waals surface area (Å²) in [6.07, 6.45) is -0.180. The third-order valence-corrected chi connectivity index (χ3v) is 4.10. The second-order valence-corrected chi connectivity index (χ2v) is 6.23. The van der Waals surface area contributed by atoms with E-state index >= 15 is 0 Å². The summed E-state index contributed by atoms with van der Waals surface area (Å²) in [5.41, 5.74) is 1.46. The van der Waals surface area contributed by atoms with Crippen molar-refractivity contribution >= 4 is 27.8 Å². The highest BCUT2D eigenvalue weighted by atomic mass is 79.9. The molecule has 0 radical (unpaired) electrons. The molecule has 1 amide bonds. The zero-order valence-electron chi connectivity index (χ0n) is 13.3. The van der Waals surface area contributed by atoms with Crippen molar-refractivity contribution < 1.29 is 13.9 Å². The third kappa shape index (κ3) is 4.06. The largest absolute Gasteiger partial charge is 0.441 e. The van der Waals surface area contributed by atoms with Crippen LogP contribution in [-0.2, 0) is 4.74 Å². The number of rotatable bonds is 4. The molecule has 5 nitrogen and oxygen atoms in total. The molecule has 0 saturated carbocycles. The van der Waals surface area contributed by atoms with Crippen LogP contribution >= 0.6 is 15.9 Å². The molecule has 25 heavy (non-hydrogen) atoms. The summed E-state index contributed by atoms with van der Waals surface area (Å²) in [7, 11) is 0. The van der Waals surface area contributed by atoms with Gasteiger partial charge < -0.3 is 4.74 Å². The van der Waals surface area contributed by atoms with E-state index in [0.717, 1.165) is 16.2 Å². The van der Waals surface area contributed by atoms with Crippen molar-refractivity contribution in [2.75, 3.05) is 5.32 Å². The van der Waals surface area contributed by atoms with E-state index in [2.05, 4.69) is 26.3 Å². The molecule has 1 atom stereocenters. The van der Waals surface area contributed by atoms with Gasteiger partial charge in [0.15, 0.2) is 11.6 Å². The van der Waals surface area contributed by atoms with Crippen LogP contribution in [-0.4, -0.2) is 15.9 Å². The van der Waals surface area contributed by atoms with Crippen LogP contribution in [0.4, 0.5) is 15.0 Å². The van der Waals surface area contributed by atoms with Gasteiger partial charge in [-0.25, -0.2) is 13.9 Å². The van der Waals surface area contributed by atoms with Crippen LogP contribution in [0.3, 0.4) is 0 Å². The van der Waals surface area contributed by atoms with Gasteiger partial charge >= 0.3 is 6.09 Å². The fourth-order valence-corrected chi connectivity index (χ4v) is 2.56. The molecule has 1 N–H and O–H groups in total. The molecule has 1 unspecified atom stereocenters. The molecule has 0 fully saturated rings. The zero-order valence-corrected chi connectivity index (χ0v) is 14.9. The number of amides is 1. The first kappa shape index (κ1) is 17.2. The highest BCUT2D eigenvalue weighted by molar-refractivity contribution is 9.10. The molecule has 3 aromatic rings. The van der Waals surface area contributed by atoms with Crippen molar-refractivity contribution in [3.8, 4) is 5.69 Å². The molecule has 1 heterocycles. The second kappa shape index (κ2) is 7.48. The van der Waals surface area contributed by atoms with Crippen molar-refractivity contribution in [2.24, 2.45) is 0 Å². The maximum atomic E-state index is 14.0. The van der Waals surface area contributed by atoms with Crippen LogP contribution < -0.4 is 5.32 Å². The lowest BCUT2D eigenvalue weighted by Crippen LogP contribution is -2.19. The predicted octanol–water partition coefficient (Wildman–Crippen LogP) is 5.08. The SMILES string of the molecule is CC(OC(=O)Nc1c(F)cnn1-c1ccc(Br)cc1)c1ccccc1. The predicted molar refractivity (Wildman–Crippen MR) is 96.2 cm³/mol. The topological polar surface area (TPSA) is 56.1 Å². The standard InChI is InChI=1S/C18H15BrFN3O2/c1-12(13-5-3-2-4-6-13)25-18(24)22-17-16(20)11-21-23(17)15-9-7-14(19)8-10-15/h2-12H,1H3,(H,22,24). The molecule has 0 spiro atoms. The minimum atomic E-state index is -0.755. The maximum Gasteiger partial charge on any atom is 0.413 e. The quantitative estimate of drug-likeness (QED) is 0.660. The van der Waals surface area contributed by atoms with Gasteiger partial charge in [-0.1, -0.05) is 46.3 Å². The lowest BCUT2D eigenvalue weighted by molar-refractivity contribution is 0.121. The van der Waals surface area contributed by atoms with E-state index in [0.29, 0.717) is 5.69 Å². The molecule has 7 heteroatoms. The summed E-state index contributed by atoms with van der Waals surface area (Å²) in [6, 6.07) is 16.4. The molecule has 0 aliphatic rings. The van der Waals surface area contributed by atoms with Gasteiger partial charge in [-0.05, 0) is 36.8 Å². The molecule has 128 valence electrons. The average molecular weight is 404 g/mol. The van der Waals surface area contributed by atoms with E-state index in [-0.39, 0.29) is 5.82 Å². The van der Waals surface area contributed by atoms with Crippen molar-refractivity contribution in [3.05, 3.63) is 76.6 Å². The molecular formula is C18H15BrFN3O2. The van der Waals surface area contributed by atoms with Gasteiger partial charge in [-0.3, -0.25) is 5.32 Å². The van der Waals surface area contributed by atoms with Gasteiger partial charge in [0.05, 0.1) is 11.9 Å². The minimum Gasteiger partial charge on any atom is -0.441 e. The van der Waals surface area contributed by atoms with Crippen LogP contribution in [0.15, 0.2) is 65.3 Å². The van der Waals surface area contributed by atoms with E-state index in [4.69, 9.17) is 4.74 Å². The number of nitrogens with zero attached hydrogens (tertiary/aromatic N) is 2.